The molecule has 0 radical (unpaired) electrons. The molecule has 1 aliphatic carbocycles. The van der Waals surface area contributed by atoms with E-state index in [0.29, 0.717) is 6.04 Å². The second-order valence-corrected chi connectivity index (χ2v) is 5.26. The van der Waals surface area contributed by atoms with Gasteiger partial charge >= 0.3 is 0 Å². The minimum atomic E-state index is 0.596. The van der Waals surface area contributed by atoms with E-state index in [9.17, 15) is 0 Å². The number of fused-ring (bicyclic) bond motifs is 1. The first-order chi connectivity index (χ1) is 8.34. The zero-order chi connectivity index (χ0) is 11.7. The van der Waals surface area contributed by atoms with E-state index in [4.69, 9.17) is 4.98 Å². The number of hydrogen-bond donors (Lipinski definition) is 2. The molecule has 1 saturated heterocycles. The van der Waals surface area contributed by atoms with E-state index in [1.54, 1.807) is 0 Å². The molecule has 0 unspecified atom stereocenters. The van der Waals surface area contributed by atoms with Crippen LogP contribution in [0.25, 0.3) is 0 Å². The van der Waals surface area contributed by atoms with Gasteiger partial charge in [0.2, 0.25) is 5.95 Å². The van der Waals surface area contributed by atoms with Gasteiger partial charge in [-0.1, -0.05) is 0 Å². The lowest BCUT2D eigenvalue weighted by atomic mass is 10.0. The molecule has 1 aliphatic heterocycles. The van der Waals surface area contributed by atoms with E-state index in [1.165, 1.54) is 43.5 Å². The van der Waals surface area contributed by atoms with Crippen LogP contribution in [-0.2, 0) is 19.9 Å². The summed E-state index contributed by atoms with van der Waals surface area (Å²) < 4.78 is 2.27. The molecule has 94 valence electrons. The van der Waals surface area contributed by atoms with Gasteiger partial charge in [0.1, 0.15) is 0 Å². The van der Waals surface area contributed by atoms with Gasteiger partial charge in [0, 0.05) is 18.8 Å². The van der Waals surface area contributed by atoms with Crippen LogP contribution in [-0.4, -0.2) is 28.7 Å². The van der Waals surface area contributed by atoms with Gasteiger partial charge in [0.25, 0.3) is 0 Å². The van der Waals surface area contributed by atoms with Crippen LogP contribution < -0.4 is 10.6 Å². The number of rotatable bonds is 2. The molecule has 2 heterocycles. The van der Waals surface area contributed by atoms with Crippen LogP contribution in [0.4, 0.5) is 5.95 Å². The third-order valence-corrected chi connectivity index (χ3v) is 4.05. The van der Waals surface area contributed by atoms with E-state index >= 15 is 0 Å². The molecule has 1 aromatic rings. The molecule has 2 N–H and O–H groups in total. The van der Waals surface area contributed by atoms with Crippen molar-refractivity contribution < 1.29 is 0 Å². The van der Waals surface area contributed by atoms with Crippen molar-refractivity contribution in [1.29, 1.82) is 0 Å². The molecule has 2 aliphatic rings. The molecular weight excluding hydrogens is 212 g/mol. The van der Waals surface area contributed by atoms with Crippen molar-refractivity contribution in [3.63, 3.8) is 0 Å². The first kappa shape index (κ1) is 11.1. The van der Waals surface area contributed by atoms with Crippen LogP contribution in [0, 0.1) is 0 Å². The Labute approximate surface area is 103 Å². The minimum absolute atomic E-state index is 0.596. The number of anilines is 1. The highest BCUT2D eigenvalue weighted by Crippen LogP contribution is 2.24. The Morgan fingerprint density at radius 1 is 1.24 bits per heavy atom. The summed E-state index contributed by atoms with van der Waals surface area (Å²) in [5.41, 5.74) is 2.78. The molecule has 4 heteroatoms. The predicted molar refractivity (Wildman–Crippen MR) is 69.4 cm³/mol. The van der Waals surface area contributed by atoms with Gasteiger partial charge in [0.15, 0.2) is 0 Å². The molecule has 1 fully saturated rings. The monoisotopic (exact) mass is 234 g/mol. The fourth-order valence-electron chi connectivity index (χ4n) is 2.96. The average Bonchev–Trinajstić information content (AvgIpc) is 2.68. The summed E-state index contributed by atoms with van der Waals surface area (Å²) in [7, 11) is 2.15. The van der Waals surface area contributed by atoms with Gasteiger partial charge in [0.05, 0.1) is 5.69 Å². The second-order valence-electron chi connectivity index (χ2n) is 5.26. The maximum atomic E-state index is 4.78. The summed E-state index contributed by atoms with van der Waals surface area (Å²) in [6, 6.07) is 0.596. The van der Waals surface area contributed by atoms with Crippen molar-refractivity contribution in [3.05, 3.63) is 11.4 Å². The van der Waals surface area contributed by atoms with Crippen LogP contribution in [0.1, 0.15) is 37.1 Å². The minimum Gasteiger partial charge on any atom is -0.353 e. The normalized spacial score (nSPS) is 21.2. The molecule has 0 aromatic carbocycles. The van der Waals surface area contributed by atoms with E-state index in [1.807, 2.05) is 0 Å². The van der Waals surface area contributed by atoms with Crippen LogP contribution in [0.15, 0.2) is 0 Å². The van der Waals surface area contributed by atoms with Crippen molar-refractivity contribution in [2.75, 3.05) is 18.4 Å². The van der Waals surface area contributed by atoms with E-state index < -0.39 is 0 Å². The Hall–Kier alpha value is -1.03. The SMILES string of the molecule is Cn1c(NC2CCNCC2)nc2c1CCCC2. The summed E-state index contributed by atoms with van der Waals surface area (Å²) >= 11 is 0. The molecule has 4 nitrogen and oxygen atoms in total. The summed E-state index contributed by atoms with van der Waals surface area (Å²) in [6.07, 6.45) is 7.40. The smallest absolute Gasteiger partial charge is 0.203 e. The van der Waals surface area contributed by atoms with Gasteiger partial charge in [-0.2, -0.15) is 0 Å². The van der Waals surface area contributed by atoms with E-state index in [0.717, 1.165) is 25.5 Å². The van der Waals surface area contributed by atoms with E-state index in [2.05, 4.69) is 22.2 Å². The number of aromatic nitrogens is 2. The number of nitrogens with one attached hydrogen (secondary N) is 2. The van der Waals surface area contributed by atoms with Gasteiger partial charge < -0.3 is 15.2 Å². The maximum absolute atomic E-state index is 4.78. The zero-order valence-electron chi connectivity index (χ0n) is 10.6. The van der Waals surface area contributed by atoms with Gasteiger partial charge in [-0.05, 0) is 51.6 Å². The third kappa shape index (κ3) is 2.18. The van der Waals surface area contributed by atoms with Crippen molar-refractivity contribution >= 4 is 5.95 Å². The molecule has 1 aromatic heterocycles. The molecular formula is C13H22N4. The topological polar surface area (TPSA) is 41.9 Å². The molecule has 3 rings (SSSR count). The Morgan fingerprint density at radius 3 is 2.76 bits per heavy atom. The van der Waals surface area contributed by atoms with Gasteiger partial charge in [-0.15, -0.1) is 0 Å². The molecule has 0 saturated carbocycles. The highest BCUT2D eigenvalue weighted by atomic mass is 15.2. The van der Waals surface area contributed by atoms with Gasteiger partial charge in [-0.25, -0.2) is 4.98 Å². The lowest BCUT2D eigenvalue weighted by Crippen LogP contribution is -2.35. The van der Waals surface area contributed by atoms with Gasteiger partial charge in [-0.3, -0.25) is 0 Å². The number of aryl methyl sites for hydroxylation is 1. The lowest BCUT2D eigenvalue weighted by Gasteiger charge is -2.24. The van der Waals surface area contributed by atoms with Crippen LogP contribution in [0.5, 0.6) is 0 Å². The van der Waals surface area contributed by atoms with Crippen LogP contribution >= 0.6 is 0 Å². The van der Waals surface area contributed by atoms with E-state index in [-0.39, 0.29) is 0 Å². The number of piperidine rings is 1. The quantitative estimate of drug-likeness (QED) is 0.814. The molecule has 0 amide bonds. The predicted octanol–water partition coefficient (Wildman–Crippen LogP) is 1.46. The Kier molecular flexibility index (Phi) is 3.05. The molecule has 0 bridgehead atoms. The number of nitrogens with zero attached hydrogens (tertiary/aromatic N) is 2. The zero-order valence-corrected chi connectivity index (χ0v) is 10.6. The van der Waals surface area contributed by atoms with Crippen LogP contribution in [0.2, 0.25) is 0 Å². The number of imidazole rings is 1. The largest absolute Gasteiger partial charge is 0.353 e. The lowest BCUT2D eigenvalue weighted by molar-refractivity contribution is 0.476. The molecule has 17 heavy (non-hydrogen) atoms. The summed E-state index contributed by atoms with van der Waals surface area (Å²) in [4.78, 5) is 4.78. The Morgan fingerprint density at radius 2 is 2.00 bits per heavy atom. The maximum Gasteiger partial charge on any atom is 0.203 e. The van der Waals surface area contributed by atoms with Crippen LogP contribution in [0.3, 0.4) is 0 Å². The van der Waals surface area contributed by atoms with Crippen molar-refractivity contribution in [1.82, 2.24) is 14.9 Å². The van der Waals surface area contributed by atoms with Crippen molar-refractivity contribution in [2.45, 2.75) is 44.6 Å². The first-order valence-corrected chi connectivity index (χ1v) is 6.86. The average molecular weight is 234 g/mol. The summed E-state index contributed by atoms with van der Waals surface area (Å²) in [5, 5.41) is 7.02. The first-order valence-electron chi connectivity index (χ1n) is 6.86. The standard InChI is InChI=1S/C13H22N4/c1-17-12-5-3-2-4-11(12)16-13(17)15-10-6-8-14-9-7-10/h10,14H,2-9H2,1H3,(H,15,16). The number of hydrogen-bond acceptors (Lipinski definition) is 3. The molecule has 0 spiro atoms. The second kappa shape index (κ2) is 4.69. The fraction of sp³-hybridized carbons (Fsp3) is 0.769. The third-order valence-electron chi connectivity index (χ3n) is 4.05. The Bertz CT molecular complexity index is 390. The Balaban J connectivity index is 1.76. The van der Waals surface area contributed by atoms with Crippen molar-refractivity contribution in [3.8, 4) is 0 Å². The highest BCUT2D eigenvalue weighted by Gasteiger charge is 2.20. The fourth-order valence-corrected chi connectivity index (χ4v) is 2.96. The highest BCUT2D eigenvalue weighted by molar-refractivity contribution is 5.36. The molecule has 0 atom stereocenters. The summed E-state index contributed by atoms with van der Waals surface area (Å²) in [5.74, 6) is 1.09. The summed E-state index contributed by atoms with van der Waals surface area (Å²) in [6.45, 7) is 2.25. The van der Waals surface area contributed by atoms with Crippen molar-refractivity contribution in [2.24, 2.45) is 7.05 Å².